The molecule has 0 radical (unpaired) electrons. The fourth-order valence-corrected chi connectivity index (χ4v) is 2.76. The molecule has 1 saturated heterocycles. The third-order valence-corrected chi connectivity index (χ3v) is 3.85. The van der Waals surface area contributed by atoms with Gasteiger partial charge >= 0.3 is 0 Å². The molecule has 1 N–H and O–H groups in total. The lowest BCUT2D eigenvalue weighted by Gasteiger charge is -2.20. The molecule has 2 aromatic rings. The molecule has 1 aliphatic heterocycles. The van der Waals surface area contributed by atoms with Crippen LogP contribution in [-0.2, 0) is 11.3 Å². The van der Waals surface area contributed by atoms with Crippen molar-refractivity contribution in [3.8, 4) is 5.75 Å². The molecule has 4 heteroatoms. The first-order chi connectivity index (χ1) is 10.4. The Kier molecular flexibility index (Phi) is 4.48. The summed E-state index contributed by atoms with van der Waals surface area (Å²) in [5.74, 6) is 0.918. The summed E-state index contributed by atoms with van der Waals surface area (Å²) in [7, 11) is 1.70. The molecule has 3 rings (SSSR count). The van der Waals surface area contributed by atoms with Gasteiger partial charge in [-0.1, -0.05) is 24.3 Å². The van der Waals surface area contributed by atoms with Gasteiger partial charge in [-0.25, -0.2) is 0 Å². The Morgan fingerprint density at radius 1 is 1.29 bits per heavy atom. The molecule has 1 fully saturated rings. The van der Waals surface area contributed by atoms with E-state index in [0.29, 0.717) is 6.04 Å². The molecule has 4 nitrogen and oxygen atoms in total. The van der Waals surface area contributed by atoms with Crippen molar-refractivity contribution in [2.75, 3.05) is 13.7 Å². The maximum Gasteiger partial charge on any atom is 0.123 e. The molecule has 2 atom stereocenters. The lowest BCUT2D eigenvalue weighted by atomic mass is 10.0. The van der Waals surface area contributed by atoms with Crippen LogP contribution in [0.3, 0.4) is 0 Å². The number of benzene rings is 1. The van der Waals surface area contributed by atoms with Gasteiger partial charge in [-0.05, 0) is 18.6 Å². The average molecular weight is 284 g/mol. The summed E-state index contributed by atoms with van der Waals surface area (Å²) in [6, 6.07) is 12.4. The number of aromatic nitrogens is 1. The third kappa shape index (κ3) is 3.23. The molecule has 0 aliphatic carbocycles. The second-order valence-corrected chi connectivity index (χ2v) is 5.17. The van der Waals surface area contributed by atoms with Crippen LogP contribution in [0.1, 0.15) is 23.7 Å². The molecule has 0 bridgehead atoms. The van der Waals surface area contributed by atoms with E-state index in [-0.39, 0.29) is 6.10 Å². The fourth-order valence-electron chi connectivity index (χ4n) is 2.76. The Balaban J connectivity index is 1.67. The molecular formula is C17H20N2O2. The molecular weight excluding hydrogens is 264 g/mol. The van der Waals surface area contributed by atoms with Crippen LogP contribution in [0.15, 0.2) is 48.8 Å². The summed E-state index contributed by atoms with van der Waals surface area (Å²) in [6.45, 7) is 1.55. The van der Waals surface area contributed by atoms with Gasteiger partial charge in [0, 0.05) is 42.7 Å². The Hall–Kier alpha value is -1.91. The Bertz CT molecular complexity index is 574. The molecule has 0 amide bonds. The summed E-state index contributed by atoms with van der Waals surface area (Å²) in [4.78, 5) is 4.18. The van der Waals surface area contributed by atoms with Gasteiger partial charge in [0.2, 0.25) is 0 Å². The summed E-state index contributed by atoms with van der Waals surface area (Å²) in [5.41, 5.74) is 2.30. The molecule has 2 heterocycles. The van der Waals surface area contributed by atoms with E-state index >= 15 is 0 Å². The lowest BCUT2D eigenvalue weighted by molar-refractivity contribution is 0.0981. The first kappa shape index (κ1) is 14.0. The van der Waals surface area contributed by atoms with Crippen LogP contribution in [0.25, 0.3) is 0 Å². The predicted molar refractivity (Wildman–Crippen MR) is 81.2 cm³/mol. The zero-order chi connectivity index (χ0) is 14.5. The fraction of sp³-hybridized carbons (Fsp3) is 0.353. The van der Waals surface area contributed by atoms with E-state index in [2.05, 4.69) is 22.4 Å². The number of hydrogen-bond donors (Lipinski definition) is 1. The summed E-state index contributed by atoms with van der Waals surface area (Å²) in [6.07, 6.45) is 4.76. The van der Waals surface area contributed by atoms with Crippen LogP contribution in [-0.4, -0.2) is 24.7 Å². The van der Waals surface area contributed by atoms with Crippen molar-refractivity contribution in [2.24, 2.45) is 0 Å². The van der Waals surface area contributed by atoms with E-state index in [9.17, 15) is 0 Å². The van der Waals surface area contributed by atoms with Gasteiger partial charge in [0.1, 0.15) is 5.75 Å². The number of para-hydroxylation sites is 1. The topological polar surface area (TPSA) is 43.4 Å². The second kappa shape index (κ2) is 6.70. The zero-order valence-electron chi connectivity index (χ0n) is 12.2. The Morgan fingerprint density at radius 3 is 3.00 bits per heavy atom. The SMILES string of the molecule is COc1ccccc1CN[C@H]1CCO[C@@H]1c1cccnc1. The van der Waals surface area contributed by atoms with Crippen LogP contribution < -0.4 is 10.1 Å². The molecule has 1 aromatic heterocycles. The number of hydrogen-bond acceptors (Lipinski definition) is 4. The van der Waals surface area contributed by atoms with Gasteiger partial charge in [-0.15, -0.1) is 0 Å². The van der Waals surface area contributed by atoms with E-state index in [1.54, 1.807) is 13.3 Å². The van der Waals surface area contributed by atoms with Crippen molar-refractivity contribution < 1.29 is 9.47 Å². The first-order valence-electron chi connectivity index (χ1n) is 7.25. The maximum atomic E-state index is 5.86. The molecule has 0 saturated carbocycles. The normalized spacial score (nSPS) is 21.4. The largest absolute Gasteiger partial charge is 0.496 e. The van der Waals surface area contributed by atoms with Gasteiger partial charge in [0.05, 0.1) is 13.2 Å². The van der Waals surface area contributed by atoms with Gasteiger partial charge in [-0.3, -0.25) is 4.98 Å². The highest BCUT2D eigenvalue weighted by atomic mass is 16.5. The molecule has 110 valence electrons. The molecule has 0 unspecified atom stereocenters. The van der Waals surface area contributed by atoms with E-state index in [0.717, 1.165) is 36.4 Å². The van der Waals surface area contributed by atoms with Crippen molar-refractivity contribution in [1.29, 1.82) is 0 Å². The minimum Gasteiger partial charge on any atom is -0.496 e. The molecule has 1 aliphatic rings. The highest BCUT2D eigenvalue weighted by molar-refractivity contribution is 5.33. The third-order valence-electron chi connectivity index (χ3n) is 3.85. The summed E-state index contributed by atoms with van der Waals surface area (Å²) < 4.78 is 11.3. The van der Waals surface area contributed by atoms with Gasteiger partial charge in [0.15, 0.2) is 0 Å². The van der Waals surface area contributed by atoms with Crippen LogP contribution in [0.5, 0.6) is 5.75 Å². The summed E-state index contributed by atoms with van der Waals surface area (Å²) in [5, 5.41) is 3.59. The zero-order valence-corrected chi connectivity index (χ0v) is 12.2. The number of pyridine rings is 1. The van der Waals surface area contributed by atoms with Crippen LogP contribution in [0.4, 0.5) is 0 Å². The van der Waals surface area contributed by atoms with E-state index in [1.165, 1.54) is 0 Å². The molecule has 0 spiro atoms. The van der Waals surface area contributed by atoms with E-state index in [4.69, 9.17) is 9.47 Å². The summed E-state index contributed by atoms with van der Waals surface area (Å²) >= 11 is 0. The minimum atomic E-state index is 0.0772. The second-order valence-electron chi connectivity index (χ2n) is 5.17. The van der Waals surface area contributed by atoms with Crippen molar-refractivity contribution in [3.63, 3.8) is 0 Å². The minimum absolute atomic E-state index is 0.0772. The van der Waals surface area contributed by atoms with Crippen molar-refractivity contribution in [2.45, 2.75) is 25.1 Å². The lowest BCUT2D eigenvalue weighted by Crippen LogP contribution is -2.31. The van der Waals surface area contributed by atoms with Gasteiger partial charge < -0.3 is 14.8 Å². The van der Waals surface area contributed by atoms with Crippen LogP contribution in [0.2, 0.25) is 0 Å². The van der Waals surface area contributed by atoms with Crippen LogP contribution >= 0.6 is 0 Å². The molecule has 1 aromatic carbocycles. The van der Waals surface area contributed by atoms with Crippen LogP contribution in [0, 0.1) is 0 Å². The number of methoxy groups -OCH3 is 1. The number of nitrogens with zero attached hydrogens (tertiary/aromatic N) is 1. The maximum absolute atomic E-state index is 5.86. The standard InChI is InChI=1S/C17H20N2O2/c1-20-16-7-3-2-5-13(16)12-19-15-8-10-21-17(15)14-6-4-9-18-11-14/h2-7,9,11,15,17,19H,8,10,12H2,1H3/t15-,17+/m0/s1. The van der Waals surface area contributed by atoms with E-state index in [1.807, 2.05) is 30.5 Å². The van der Waals surface area contributed by atoms with Crippen molar-refractivity contribution in [1.82, 2.24) is 10.3 Å². The monoisotopic (exact) mass is 284 g/mol. The van der Waals surface area contributed by atoms with Gasteiger partial charge in [0.25, 0.3) is 0 Å². The van der Waals surface area contributed by atoms with E-state index < -0.39 is 0 Å². The Labute approximate surface area is 125 Å². The quantitative estimate of drug-likeness (QED) is 0.917. The number of nitrogens with one attached hydrogen (secondary N) is 1. The average Bonchev–Trinajstić information content (AvgIpc) is 3.02. The predicted octanol–water partition coefficient (Wildman–Crippen LogP) is 2.71. The number of ether oxygens (including phenoxy) is 2. The number of rotatable bonds is 5. The van der Waals surface area contributed by atoms with Crippen molar-refractivity contribution >= 4 is 0 Å². The highest BCUT2D eigenvalue weighted by Crippen LogP contribution is 2.29. The van der Waals surface area contributed by atoms with Crippen molar-refractivity contribution in [3.05, 3.63) is 59.9 Å². The first-order valence-corrected chi connectivity index (χ1v) is 7.25. The van der Waals surface area contributed by atoms with Gasteiger partial charge in [-0.2, -0.15) is 0 Å². The smallest absolute Gasteiger partial charge is 0.123 e. The molecule has 21 heavy (non-hydrogen) atoms. The highest BCUT2D eigenvalue weighted by Gasteiger charge is 2.29. The Morgan fingerprint density at radius 2 is 2.19 bits per heavy atom.